The molecule has 1 N–H and O–H groups in total. The van der Waals surface area contributed by atoms with Crippen molar-refractivity contribution in [1.82, 2.24) is 24.9 Å². The highest BCUT2D eigenvalue weighted by molar-refractivity contribution is 14.0. The fourth-order valence-electron chi connectivity index (χ4n) is 4.46. The van der Waals surface area contributed by atoms with E-state index in [0.29, 0.717) is 13.1 Å². The van der Waals surface area contributed by atoms with Crippen LogP contribution in [-0.4, -0.2) is 103 Å². The number of likely N-dealkylation sites (N-methyl/N-ethyl adjacent to an activating group) is 1. The van der Waals surface area contributed by atoms with E-state index in [1.165, 1.54) is 0 Å². The molecule has 1 aromatic carbocycles. The highest BCUT2D eigenvalue weighted by atomic mass is 127. The SMILES string of the molecule is CCN(Cc1ccccc1)C(=O)CNC(=NC)N1CCN(C(C)C(=O)N2CCCC2)CC1.I. The molecule has 8 nitrogen and oxygen atoms in total. The summed E-state index contributed by atoms with van der Waals surface area (Å²) in [6.45, 7) is 10.5. The Morgan fingerprint density at radius 2 is 1.67 bits per heavy atom. The molecule has 0 spiro atoms. The lowest BCUT2D eigenvalue weighted by Gasteiger charge is -2.39. The van der Waals surface area contributed by atoms with Gasteiger partial charge in [-0.15, -0.1) is 24.0 Å². The smallest absolute Gasteiger partial charge is 0.242 e. The van der Waals surface area contributed by atoms with Crippen molar-refractivity contribution >= 4 is 41.8 Å². The second-order valence-corrected chi connectivity index (χ2v) is 8.53. The van der Waals surface area contributed by atoms with E-state index in [1.54, 1.807) is 7.05 Å². The number of halogens is 1. The van der Waals surface area contributed by atoms with Crippen LogP contribution in [0.25, 0.3) is 0 Å². The van der Waals surface area contributed by atoms with Crippen molar-refractivity contribution in [2.75, 3.05) is 59.4 Å². The zero-order valence-electron chi connectivity index (χ0n) is 20.2. The van der Waals surface area contributed by atoms with Crippen molar-refractivity contribution in [2.24, 2.45) is 4.99 Å². The number of aliphatic imine (C=N–C) groups is 1. The average molecular weight is 571 g/mol. The standard InChI is InChI=1S/C24H38N6O2.HI/c1-4-27(19-21-10-6-5-7-11-21)22(31)18-26-24(25-3)30-16-14-28(15-17-30)20(2)23(32)29-12-8-9-13-29;/h5-7,10-11,20H,4,8-9,12-19H2,1-3H3,(H,25,26);1H. The molecular weight excluding hydrogens is 531 g/mol. The fourth-order valence-corrected chi connectivity index (χ4v) is 4.46. The molecule has 9 heteroatoms. The topological polar surface area (TPSA) is 71.5 Å². The molecule has 2 saturated heterocycles. The van der Waals surface area contributed by atoms with E-state index >= 15 is 0 Å². The number of amides is 2. The summed E-state index contributed by atoms with van der Waals surface area (Å²) >= 11 is 0. The van der Waals surface area contributed by atoms with Gasteiger partial charge in [0.1, 0.15) is 0 Å². The molecule has 0 aromatic heterocycles. The second-order valence-electron chi connectivity index (χ2n) is 8.53. The van der Waals surface area contributed by atoms with Crippen molar-refractivity contribution in [3.05, 3.63) is 35.9 Å². The van der Waals surface area contributed by atoms with Crippen LogP contribution in [0.15, 0.2) is 35.3 Å². The number of benzene rings is 1. The van der Waals surface area contributed by atoms with Gasteiger partial charge in [0.05, 0.1) is 12.6 Å². The van der Waals surface area contributed by atoms with Crippen LogP contribution in [0, 0.1) is 0 Å². The Hall–Kier alpha value is -1.88. The van der Waals surface area contributed by atoms with Gasteiger partial charge in [0.15, 0.2) is 5.96 Å². The molecule has 2 fully saturated rings. The number of likely N-dealkylation sites (tertiary alicyclic amines) is 1. The molecule has 3 rings (SSSR count). The summed E-state index contributed by atoms with van der Waals surface area (Å²) in [6, 6.07) is 9.97. The zero-order chi connectivity index (χ0) is 22.9. The fraction of sp³-hybridized carbons (Fsp3) is 0.625. The first kappa shape index (κ1) is 27.4. The van der Waals surface area contributed by atoms with Gasteiger partial charge in [-0.05, 0) is 32.3 Å². The molecule has 0 aliphatic carbocycles. The molecule has 1 atom stereocenters. The lowest BCUT2D eigenvalue weighted by Crippen LogP contribution is -2.57. The Kier molecular flexibility index (Phi) is 11.4. The normalized spacial score (nSPS) is 18.0. The van der Waals surface area contributed by atoms with Gasteiger partial charge in [-0.2, -0.15) is 0 Å². The lowest BCUT2D eigenvalue weighted by atomic mass is 10.2. The number of hydrogen-bond donors (Lipinski definition) is 1. The van der Waals surface area contributed by atoms with E-state index in [4.69, 9.17) is 0 Å². The van der Waals surface area contributed by atoms with Crippen LogP contribution < -0.4 is 5.32 Å². The molecule has 2 heterocycles. The van der Waals surface area contributed by atoms with Crippen LogP contribution in [0.1, 0.15) is 32.3 Å². The summed E-state index contributed by atoms with van der Waals surface area (Å²) in [5.74, 6) is 1.05. The van der Waals surface area contributed by atoms with Crippen LogP contribution in [0.2, 0.25) is 0 Å². The number of hydrogen-bond acceptors (Lipinski definition) is 4. The predicted molar refractivity (Wildman–Crippen MR) is 143 cm³/mol. The summed E-state index contributed by atoms with van der Waals surface area (Å²) in [6.07, 6.45) is 2.24. The van der Waals surface area contributed by atoms with Crippen molar-refractivity contribution < 1.29 is 9.59 Å². The van der Waals surface area contributed by atoms with Crippen molar-refractivity contribution in [3.63, 3.8) is 0 Å². The Balaban J connectivity index is 0.00000385. The van der Waals surface area contributed by atoms with Gasteiger partial charge < -0.3 is 20.0 Å². The zero-order valence-corrected chi connectivity index (χ0v) is 22.5. The van der Waals surface area contributed by atoms with Crippen LogP contribution >= 0.6 is 24.0 Å². The first-order valence-electron chi connectivity index (χ1n) is 11.8. The number of guanidine groups is 1. The molecule has 0 bridgehead atoms. The number of piperazine rings is 1. The van der Waals surface area contributed by atoms with Gasteiger partial charge in [-0.3, -0.25) is 19.5 Å². The van der Waals surface area contributed by atoms with Gasteiger partial charge in [0.25, 0.3) is 0 Å². The number of rotatable bonds is 7. The van der Waals surface area contributed by atoms with Crippen LogP contribution in [0.3, 0.4) is 0 Å². The molecule has 0 saturated carbocycles. The van der Waals surface area contributed by atoms with E-state index in [0.717, 1.165) is 63.6 Å². The maximum absolute atomic E-state index is 12.8. The molecule has 2 aliphatic rings. The molecular formula is C24H39IN6O2. The lowest BCUT2D eigenvalue weighted by molar-refractivity contribution is -0.136. The van der Waals surface area contributed by atoms with E-state index in [9.17, 15) is 9.59 Å². The third-order valence-corrected chi connectivity index (χ3v) is 6.50. The molecule has 184 valence electrons. The molecule has 2 amide bonds. The Bertz CT molecular complexity index is 776. The van der Waals surface area contributed by atoms with Gasteiger partial charge >= 0.3 is 0 Å². The van der Waals surface area contributed by atoms with Gasteiger partial charge in [-0.25, -0.2) is 0 Å². The Morgan fingerprint density at radius 1 is 1.03 bits per heavy atom. The Labute approximate surface area is 215 Å². The predicted octanol–water partition coefficient (Wildman–Crippen LogP) is 1.86. The number of nitrogens with zero attached hydrogens (tertiary/aromatic N) is 5. The summed E-state index contributed by atoms with van der Waals surface area (Å²) in [4.78, 5) is 38.1. The highest BCUT2D eigenvalue weighted by Crippen LogP contribution is 2.14. The third kappa shape index (κ3) is 7.56. The Morgan fingerprint density at radius 3 is 2.24 bits per heavy atom. The maximum Gasteiger partial charge on any atom is 0.242 e. The minimum atomic E-state index is -0.0806. The molecule has 1 aromatic rings. The molecule has 0 radical (unpaired) electrons. The van der Waals surface area contributed by atoms with E-state index in [1.807, 2.05) is 54.0 Å². The van der Waals surface area contributed by atoms with Crippen LogP contribution in [0.5, 0.6) is 0 Å². The first-order chi connectivity index (χ1) is 15.5. The summed E-state index contributed by atoms with van der Waals surface area (Å²) in [5.41, 5.74) is 1.13. The van der Waals surface area contributed by atoms with Crippen molar-refractivity contribution in [3.8, 4) is 0 Å². The number of carbonyl (C=O) groups excluding carboxylic acids is 2. The number of nitrogens with one attached hydrogen (secondary N) is 1. The van der Waals surface area contributed by atoms with Crippen LogP contribution in [-0.2, 0) is 16.1 Å². The minimum absolute atomic E-state index is 0. The summed E-state index contributed by atoms with van der Waals surface area (Å²) < 4.78 is 0. The maximum atomic E-state index is 12.8. The quantitative estimate of drug-likeness (QED) is 0.308. The van der Waals surface area contributed by atoms with E-state index < -0.39 is 0 Å². The first-order valence-corrected chi connectivity index (χ1v) is 11.8. The summed E-state index contributed by atoms with van der Waals surface area (Å²) in [7, 11) is 1.75. The minimum Gasteiger partial charge on any atom is -0.347 e. The summed E-state index contributed by atoms with van der Waals surface area (Å²) in [5, 5.41) is 3.24. The highest BCUT2D eigenvalue weighted by Gasteiger charge is 2.30. The second kappa shape index (κ2) is 13.7. The average Bonchev–Trinajstić information content (AvgIpc) is 3.38. The largest absolute Gasteiger partial charge is 0.347 e. The third-order valence-electron chi connectivity index (χ3n) is 6.50. The van der Waals surface area contributed by atoms with Gasteiger partial charge in [0, 0.05) is 59.4 Å². The van der Waals surface area contributed by atoms with Crippen molar-refractivity contribution in [1.29, 1.82) is 0 Å². The van der Waals surface area contributed by atoms with Gasteiger partial charge in [-0.1, -0.05) is 30.3 Å². The molecule has 33 heavy (non-hydrogen) atoms. The van der Waals surface area contributed by atoms with Crippen molar-refractivity contribution in [2.45, 2.75) is 39.3 Å². The molecule has 1 unspecified atom stereocenters. The van der Waals surface area contributed by atoms with Gasteiger partial charge in [0.2, 0.25) is 11.8 Å². The number of carbonyl (C=O) groups is 2. The molecule has 2 aliphatic heterocycles. The van der Waals surface area contributed by atoms with E-state index in [-0.39, 0.29) is 48.4 Å². The monoisotopic (exact) mass is 570 g/mol. The van der Waals surface area contributed by atoms with Crippen LogP contribution in [0.4, 0.5) is 0 Å². The van der Waals surface area contributed by atoms with E-state index in [2.05, 4.69) is 20.1 Å².